The predicted octanol–water partition coefficient (Wildman–Crippen LogP) is 3.84. The van der Waals surface area contributed by atoms with E-state index in [1.807, 2.05) is 13.8 Å². The highest BCUT2D eigenvalue weighted by Gasteiger charge is 2.10. The smallest absolute Gasteiger partial charge is 0.138 e. The second-order valence-corrected chi connectivity index (χ2v) is 6.41. The quantitative estimate of drug-likeness (QED) is 0.810. The molecule has 0 aliphatic heterocycles. The lowest BCUT2D eigenvalue weighted by Gasteiger charge is -2.17. The number of thioether (sulfide) groups is 1. The maximum Gasteiger partial charge on any atom is 0.138 e. The molecule has 1 aromatic carbocycles. The minimum Gasteiger partial charge on any atom is -0.491 e. The third kappa shape index (κ3) is 6.41. The summed E-state index contributed by atoms with van der Waals surface area (Å²) in [5, 5.41) is 1.16. The summed E-state index contributed by atoms with van der Waals surface area (Å²) < 4.78 is 5.55. The Morgan fingerprint density at radius 1 is 1.35 bits per heavy atom. The van der Waals surface area contributed by atoms with E-state index in [0.29, 0.717) is 22.4 Å². The molecule has 0 heterocycles. The van der Waals surface area contributed by atoms with E-state index in [1.54, 1.807) is 30.0 Å². The minimum absolute atomic E-state index is 0.136. The van der Waals surface area contributed by atoms with E-state index < -0.39 is 0 Å². The van der Waals surface area contributed by atoms with E-state index in [0.717, 1.165) is 11.5 Å². The summed E-state index contributed by atoms with van der Waals surface area (Å²) in [5.74, 6) is 2.47. The molecule has 0 radical (unpaired) electrons. The van der Waals surface area contributed by atoms with Crippen molar-refractivity contribution < 1.29 is 4.74 Å². The van der Waals surface area contributed by atoms with E-state index in [1.165, 1.54) is 0 Å². The van der Waals surface area contributed by atoms with E-state index >= 15 is 0 Å². The average molecular weight is 294 g/mol. The van der Waals surface area contributed by atoms with Gasteiger partial charge in [-0.2, -0.15) is 11.8 Å². The molecule has 0 bridgehead atoms. The van der Waals surface area contributed by atoms with Crippen LogP contribution in [0, 0.1) is 0 Å². The number of hydrogen-bond donors (Lipinski definition) is 1. The molecule has 0 unspecified atom stereocenters. The van der Waals surface area contributed by atoms with Gasteiger partial charge in [0.05, 0.1) is 11.6 Å². The molecule has 5 heteroatoms. The largest absolute Gasteiger partial charge is 0.491 e. The van der Waals surface area contributed by atoms with Crippen molar-refractivity contribution in [1.82, 2.24) is 0 Å². The number of rotatable bonds is 6. The van der Waals surface area contributed by atoms with Crippen LogP contribution >= 0.6 is 35.0 Å². The molecular weight excluding hydrogens is 277 g/mol. The zero-order valence-electron chi connectivity index (χ0n) is 10.0. The molecule has 1 rings (SSSR count). The third-order valence-corrected chi connectivity index (χ3v) is 3.79. The maximum atomic E-state index is 5.98. The van der Waals surface area contributed by atoms with E-state index in [9.17, 15) is 0 Å². The van der Waals surface area contributed by atoms with Crippen molar-refractivity contribution >= 4 is 35.0 Å². The molecule has 0 saturated heterocycles. The zero-order chi connectivity index (χ0) is 12.9. The van der Waals surface area contributed by atoms with Crippen LogP contribution in [-0.2, 0) is 0 Å². The highest BCUT2D eigenvalue weighted by Crippen LogP contribution is 2.27. The van der Waals surface area contributed by atoms with Crippen molar-refractivity contribution in [2.24, 2.45) is 5.73 Å². The summed E-state index contributed by atoms with van der Waals surface area (Å²) in [6.45, 7) is 4.63. The number of halogens is 2. The lowest BCUT2D eigenvalue weighted by atomic mass is 10.1. The zero-order valence-corrected chi connectivity index (χ0v) is 12.3. The summed E-state index contributed by atoms with van der Waals surface area (Å²) in [5.41, 5.74) is 5.74. The first-order valence-electron chi connectivity index (χ1n) is 5.33. The number of hydrogen-bond acceptors (Lipinski definition) is 3. The normalized spacial score (nSPS) is 11.6. The molecule has 0 fully saturated rings. The van der Waals surface area contributed by atoms with Crippen LogP contribution in [0.2, 0.25) is 10.0 Å². The Kier molecular flexibility index (Phi) is 5.93. The molecule has 0 saturated carbocycles. The highest BCUT2D eigenvalue weighted by molar-refractivity contribution is 7.99. The monoisotopic (exact) mass is 293 g/mol. The van der Waals surface area contributed by atoms with E-state index in [2.05, 4.69) is 0 Å². The van der Waals surface area contributed by atoms with Crippen molar-refractivity contribution in [3.05, 3.63) is 28.2 Å². The minimum atomic E-state index is -0.136. The van der Waals surface area contributed by atoms with Crippen LogP contribution < -0.4 is 10.5 Å². The summed E-state index contributed by atoms with van der Waals surface area (Å²) in [4.78, 5) is 0. The second kappa shape index (κ2) is 6.74. The van der Waals surface area contributed by atoms with Gasteiger partial charge in [-0.3, -0.25) is 0 Å². The van der Waals surface area contributed by atoms with Gasteiger partial charge >= 0.3 is 0 Å². The molecule has 1 aromatic rings. The molecule has 0 amide bonds. The Morgan fingerprint density at radius 2 is 2.06 bits per heavy atom. The van der Waals surface area contributed by atoms with Gasteiger partial charge in [0.2, 0.25) is 0 Å². The average Bonchev–Trinajstić information content (AvgIpc) is 2.18. The summed E-state index contributed by atoms with van der Waals surface area (Å²) >= 11 is 13.5. The number of benzene rings is 1. The Balaban J connectivity index is 2.27. The number of ether oxygens (including phenoxy) is 1. The molecule has 2 nitrogen and oxygen atoms in total. The van der Waals surface area contributed by atoms with Crippen LogP contribution in [0.4, 0.5) is 0 Å². The molecule has 0 aliphatic carbocycles. The van der Waals surface area contributed by atoms with Gasteiger partial charge in [0.15, 0.2) is 0 Å². The fraction of sp³-hybridized carbons (Fsp3) is 0.500. The fourth-order valence-corrected chi connectivity index (χ4v) is 2.47. The molecule has 0 aromatic heterocycles. The van der Waals surface area contributed by atoms with Gasteiger partial charge < -0.3 is 10.5 Å². The van der Waals surface area contributed by atoms with Crippen molar-refractivity contribution in [1.29, 1.82) is 0 Å². The Bertz CT molecular complexity index is 366. The predicted molar refractivity (Wildman–Crippen MR) is 77.5 cm³/mol. The maximum absolute atomic E-state index is 5.98. The highest BCUT2D eigenvalue weighted by atomic mass is 35.5. The first-order chi connectivity index (χ1) is 7.88. The Hall–Kier alpha value is -0.0900. The summed E-state index contributed by atoms with van der Waals surface area (Å²) in [7, 11) is 0. The molecule has 17 heavy (non-hydrogen) atoms. The van der Waals surface area contributed by atoms with Crippen molar-refractivity contribution in [2.75, 3.05) is 18.1 Å². The van der Waals surface area contributed by atoms with E-state index in [4.69, 9.17) is 33.7 Å². The second-order valence-electron chi connectivity index (χ2n) is 4.46. The van der Waals surface area contributed by atoms with Crippen LogP contribution in [-0.4, -0.2) is 23.7 Å². The molecule has 2 N–H and O–H groups in total. The standard InChI is InChI=1S/C12H17Cl2NOS/c1-12(2,15)8-17-6-5-16-11-4-3-9(13)7-10(11)14/h3-4,7H,5-6,8,15H2,1-2H3. The summed E-state index contributed by atoms with van der Waals surface area (Å²) in [6, 6.07) is 5.22. The van der Waals surface area contributed by atoms with Crippen LogP contribution in [0.25, 0.3) is 0 Å². The molecule has 96 valence electrons. The Morgan fingerprint density at radius 3 is 2.65 bits per heavy atom. The molecule has 0 aliphatic rings. The number of nitrogens with two attached hydrogens (primary N) is 1. The molecule has 0 atom stereocenters. The van der Waals surface area contributed by atoms with Crippen LogP contribution in [0.1, 0.15) is 13.8 Å². The van der Waals surface area contributed by atoms with Crippen LogP contribution in [0.15, 0.2) is 18.2 Å². The van der Waals surface area contributed by atoms with Gasteiger partial charge in [-0.25, -0.2) is 0 Å². The van der Waals surface area contributed by atoms with E-state index in [-0.39, 0.29) is 5.54 Å². The van der Waals surface area contributed by atoms with Gasteiger partial charge in [-0.1, -0.05) is 23.2 Å². The van der Waals surface area contributed by atoms with Gasteiger partial charge in [0, 0.05) is 22.1 Å². The SMILES string of the molecule is CC(C)(N)CSCCOc1ccc(Cl)cc1Cl. The fourth-order valence-electron chi connectivity index (χ4n) is 1.14. The van der Waals surface area contributed by atoms with Gasteiger partial charge in [-0.15, -0.1) is 0 Å². The first kappa shape index (κ1) is 15.0. The van der Waals surface area contributed by atoms with Crippen molar-refractivity contribution in [3.63, 3.8) is 0 Å². The lowest BCUT2D eigenvalue weighted by Crippen LogP contribution is -2.34. The van der Waals surface area contributed by atoms with Gasteiger partial charge in [0.1, 0.15) is 5.75 Å². The topological polar surface area (TPSA) is 35.2 Å². The lowest BCUT2D eigenvalue weighted by molar-refractivity contribution is 0.344. The molecular formula is C12H17Cl2NOS. The van der Waals surface area contributed by atoms with Crippen molar-refractivity contribution in [2.45, 2.75) is 19.4 Å². The van der Waals surface area contributed by atoms with Gasteiger partial charge in [-0.05, 0) is 32.0 Å². The summed E-state index contributed by atoms with van der Waals surface area (Å²) in [6.07, 6.45) is 0. The third-order valence-electron chi connectivity index (χ3n) is 1.85. The first-order valence-corrected chi connectivity index (χ1v) is 7.24. The van der Waals surface area contributed by atoms with Crippen LogP contribution in [0.5, 0.6) is 5.75 Å². The van der Waals surface area contributed by atoms with Crippen molar-refractivity contribution in [3.8, 4) is 5.75 Å². The van der Waals surface area contributed by atoms with Gasteiger partial charge in [0.25, 0.3) is 0 Å². The molecule has 0 spiro atoms. The Labute approximate surface area is 117 Å². The van der Waals surface area contributed by atoms with Crippen LogP contribution in [0.3, 0.4) is 0 Å².